The van der Waals surface area contributed by atoms with Gasteiger partial charge >= 0.3 is 0 Å². The number of hydrogen-bond acceptors (Lipinski definition) is 1. The Morgan fingerprint density at radius 3 is 2.21 bits per heavy atom. The zero-order valence-electron chi connectivity index (χ0n) is 10.7. The second-order valence-electron chi connectivity index (χ2n) is 4.53. The van der Waals surface area contributed by atoms with E-state index in [0.29, 0.717) is 10.0 Å². The van der Waals surface area contributed by atoms with Crippen LogP contribution in [0, 0.1) is 0 Å². The molecule has 1 N–H and O–H groups in total. The molecule has 0 amide bonds. The molecule has 100 valence electrons. The van der Waals surface area contributed by atoms with Crippen molar-refractivity contribution in [3.8, 4) is 0 Å². The maximum absolute atomic E-state index is 5.95. The molecule has 0 aromatic heterocycles. The summed E-state index contributed by atoms with van der Waals surface area (Å²) in [4.78, 5) is 0. The molecule has 0 aliphatic carbocycles. The molecule has 0 radical (unpaired) electrons. The molecular weight excluding hydrogens is 277 g/mol. The average molecular weight is 294 g/mol. The molecule has 0 atom stereocenters. The minimum atomic E-state index is 0.666. The average Bonchev–Trinajstić information content (AvgIpc) is 2.38. The summed E-state index contributed by atoms with van der Waals surface area (Å²) in [7, 11) is 0. The summed E-state index contributed by atoms with van der Waals surface area (Å²) in [6, 6.07) is 16.1. The van der Waals surface area contributed by atoms with Crippen LogP contribution in [0.4, 0.5) is 5.69 Å². The molecule has 2 aromatic carbocycles. The minimum absolute atomic E-state index is 0.666. The summed E-state index contributed by atoms with van der Waals surface area (Å²) < 4.78 is 0. The standard InChI is InChI=1S/C16H17Cl2N/c17-14-10-15(18)12-16(11-14)19-9-5-4-8-13-6-2-1-3-7-13/h1-3,6-7,10-12,19H,4-5,8-9H2. The van der Waals surface area contributed by atoms with Crippen LogP contribution in [0.15, 0.2) is 48.5 Å². The molecule has 2 rings (SSSR count). The SMILES string of the molecule is Clc1cc(Cl)cc(NCCCCc2ccccc2)c1. The number of rotatable bonds is 6. The van der Waals surface area contributed by atoms with Crippen molar-refractivity contribution in [3.05, 3.63) is 64.1 Å². The number of unbranched alkanes of at least 4 members (excludes halogenated alkanes) is 1. The Kier molecular flexibility index (Phi) is 5.56. The summed E-state index contributed by atoms with van der Waals surface area (Å²) in [6.07, 6.45) is 3.42. The molecule has 0 aliphatic rings. The number of benzene rings is 2. The highest BCUT2D eigenvalue weighted by Crippen LogP contribution is 2.22. The van der Waals surface area contributed by atoms with E-state index in [1.807, 2.05) is 18.2 Å². The van der Waals surface area contributed by atoms with E-state index in [2.05, 4.69) is 29.6 Å². The molecule has 0 aliphatic heterocycles. The van der Waals surface area contributed by atoms with Gasteiger partial charge in [0.1, 0.15) is 0 Å². The maximum Gasteiger partial charge on any atom is 0.0441 e. The van der Waals surface area contributed by atoms with E-state index in [0.717, 1.165) is 25.1 Å². The molecule has 0 saturated carbocycles. The van der Waals surface area contributed by atoms with Crippen LogP contribution in [-0.4, -0.2) is 6.54 Å². The summed E-state index contributed by atoms with van der Waals surface area (Å²) in [6.45, 7) is 0.934. The lowest BCUT2D eigenvalue weighted by Gasteiger charge is -2.07. The van der Waals surface area contributed by atoms with E-state index in [-0.39, 0.29) is 0 Å². The quantitative estimate of drug-likeness (QED) is 0.701. The zero-order chi connectivity index (χ0) is 13.5. The van der Waals surface area contributed by atoms with Gasteiger partial charge in [-0.05, 0) is 43.0 Å². The Hall–Kier alpha value is -1.18. The van der Waals surface area contributed by atoms with Gasteiger partial charge in [0.15, 0.2) is 0 Å². The highest BCUT2D eigenvalue weighted by Gasteiger charge is 1.98. The number of aryl methyl sites for hydroxylation is 1. The topological polar surface area (TPSA) is 12.0 Å². The van der Waals surface area contributed by atoms with Gasteiger partial charge < -0.3 is 5.32 Å². The smallest absolute Gasteiger partial charge is 0.0441 e. The van der Waals surface area contributed by atoms with Crippen molar-refractivity contribution in [2.45, 2.75) is 19.3 Å². The Morgan fingerprint density at radius 2 is 1.53 bits per heavy atom. The normalized spacial score (nSPS) is 10.4. The van der Waals surface area contributed by atoms with Crippen LogP contribution < -0.4 is 5.32 Å². The van der Waals surface area contributed by atoms with Crippen molar-refractivity contribution in [2.24, 2.45) is 0 Å². The van der Waals surface area contributed by atoms with E-state index < -0.39 is 0 Å². The van der Waals surface area contributed by atoms with Gasteiger partial charge in [0.25, 0.3) is 0 Å². The highest BCUT2D eigenvalue weighted by atomic mass is 35.5. The van der Waals surface area contributed by atoms with Crippen molar-refractivity contribution in [3.63, 3.8) is 0 Å². The first kappa shape index (κ1) is 14.2. The first-order chi connectivity index (χ1) is 9.24. The molecule has 0 spiro atoms. The molecule has 3 heteroatoms. The van der Waals surface area contributed by atoms with Gasteiger partial charge in [-0.1, -0.05) is 53.5 Å². The van der Waals surface area contributed by atoms with Gasteiger partial charge in [0, 0.05) is 22.3 Å². The fourth-order valence-corrected chi connectivity index (χ4v) is 2.51. The molecule has 0 fully saturated rings. The van der Waals surface area contributed by atoms with Crippen molar-refractivity contribution in [1.29, 1.82) is 0 Å². The fourth-order valence-electron chi connectivity index (χ4n) is 1.99. The first-order valence-electron chi connectivity index (χ1n) is 6.48. The van der Waals surface area contributed by atoms with Crippen LogP contribution in [0.5, 0.6) is 0 Å². The van der Waals surface area contributed by atoms with Gasteiger partial charge in [-0.15, -0.1) is 0 Å². The highest BCUT2D eigenvalue weighted by molar-refractivity contribution is 6.35. The third-order valence-electron chi connectivity index (χ3n) is 2.93. The van der Waals surface area contributed by atoms with Crippen LogP contribution in [0.25, 0.3) is 0 Å². The Bertz CT molecular complexity index is 491. The van der Waals surface area contributed by atoms with Crippen molar-refractivity contribution in [2.75, 3.05) is 11.9 Å². The van der Waals surface area contributed by atoms with Crippen molar-refractivity contribution >= 4 is 28.9 Å². The lowest BCUT2D eigenvalue weighted by molar-refractivity contribution is 0.763. The van der Waals surface area contributed by atoms with Gasteiger partial charge in [0.2, 0.25) is 0 Å². The summed E-state index contributed by atoms with van der Waals surface area (Å²) in [5, 5.41) is 4.68. The maximum atomic E-state index is 5.95. The predicted octanol–water partition coefficient (Wildman–Crippen LogP) is 5.43. The van der Waals surface area contributed by atoms with E-state index in [4.69, 9.17) is 23.2 Å². The predicted molar refractivity (Wildman–Crippen MR) is 84.3 cm³/mol. The van der Waals surface area contributed by atoms with Gasteiger partial charge in [-0.2, -0.15) is 0 Å². The van der Waals surface area contributed by atoms with Crippen molar-refractivity contribution in [1.82, 2.24) is 0 Å². The van der Waals surface area contributed by atoms with Gasteiger partial charge in [-0.25, -0.2) is 0 Å². The monoisotopic (exact) mass is 293 g/mol. The zero-order valence-corrected chi connectivity index (χ0v) is 12.2. The lowest BCUT2D eigenvalue weighted by atomic mass is 10.1. The molecule has 0 heterocycles. The lowest BCUT2D eigenvalue weighted by Crippen LogP contribution is -2.02. The molecular formula is C16H17Cl2N. The Morgan fingerprint density at radius 1 is 0.842 bits per heavy atom. The Balaban J connectivity index is 1.69. The molecule has 1 nitrogen and oxygen atoms in total. The second-order valence-corrected chi connectivity index (χ2v) is 5.40. The van der Waals surface area contributed by atoms with Gasteiger partial charge in [0.05, 0.1) is 0 Å². The number of hydrogen-bond donors (Lipinski definition) is 1. The third-order valence-corrected chi connectivity index (χ3v) is 3.36. The molecule has 0 unspecified atom stereocenters. The van der Waals surface area contributed by atoms with E-state index in [1.54, 1.807) is 6.07 Å². The summed E-state index contributed by atoms with van der Waals surface area (Å²) in [5.74, 6) is 0. The van der Waals surface area contributed by atoms with E-state index in [1.165, 1.54) is 12.0 Å². The van der Waals surface area contributed by atoms with E-state index >= 15 is 0 Å². The summed E-state index contributed by atoms with van der Waals surface area (Å²) >= 11 is 11.9. The first-order valence-corrected chi connectivity index (χ1v) is 7.23. The van der Waals surface area contributed by atoms with Crippen LogP contribution in [0.2, 0.25) is 10.0 Å². The van der Waals surface area contributed by atoms with Gasteiger partial charge in [-0.3, -0.25) is 0 Å². The molecule has 2 aromatic rings. The fraction of sp³-hybridized carbons (Fsp3) is 0.250. The molecule has 0 bridgehead atoms. The number of halogens is 2. The third kappa shape index (κ3) is 5.14. The largest absolute Gasteiger partial charge is 0.385 e. The summed E-state index contributed by atoms with van der Waals surface area (Å²) in [5.41, 5.74) is 2.38. The molecule has 0 saturated heterocycles. The number of nitrogens with one attached hydrogen (secondary N) is 1. The van der Waals surface area contributed by atoms with Crippen LogP contribution in [0.1, 0.15) is 18.4 Å². The number of anilines is 1. The molecule has 19 heavy (non-hydrogen) atoms. The minimum Gasteiger partial charge on any atom is -0.385 e. The van der Waals surface area contributed by atoms with E-state index in [9.17, 15) is 0 Å². The second kappa shape index (κ2) is 7.42. The Labute approximate surface area is 124 Å². The van der Waals surface area contributed by atoms with Crippen LogP contribution in [0.3, 0.4) is 0 Å². The van der Waals surface area contributed by atoms with Crippen LogP contribution in [-0.2, 0) is 6.42 Å². The van der Waals surface area contributed by atoms with Crippen LogP contribution >= 0.6 is 23.2 Å². The van der Waals surface area contributed by atoms with Crippen molar-refractivity contribution < 1.29 is 0 Å².